The van der Waals surface area contributed by atoms with Gasteiger partial charge in [0.05, 0.1) is 11.8 Å². The van der Waals surface area contributed by atoms with Crippen molar-refractivity contribution in [3.8, 4) is 0 Å². The van der Waals surface area contributed by atoms with Gasteiger partial charge in [-0.15, -0.1) is 0 Å². The van der Waals surface area contributed by atoms with Crippen molar-refractivity contribution in [2.24, 2.45) is 0 Å². The molecule has 0 saturated heterocycles. The molecule has 7 nitrogen and oxygen atoms in total. The predicted octanol–water partition coefficient (Wildman–Crippen LogP) is 1.28. The lowest BCUT2D eigenvalue weighted by Gasteiger charge is -2.12. The van der Waals surface area contributed by atoms with Crippen molar-refractivity contribution in [2.45, 2.75) is 6.42 Å². The molecule has 0 atom stereocenters. The van der Waals surface area contributed by atoms with Gasteiger partial charge in [0.15, 0.2) is 5.65 Å². The lowest BCUT2D eigenvalue weighted by atomic mass is 10.4. The molecule has 0 fully saturated rings. The number of fused-ring (bicyclic) bond motifs is 1. The Balaban J connectivity index is 1.86. The number of hydrogen-bond donors (Lipinski definition) is 3. The molecule has 7 heteroatoms. The first-order chi connectivity index (χ1) is 8.72. The quantitative estimate of drug-likeness (QED) is 0.740. The van der Waals surface area contributed by atoms with Crippen LogP contribution in [0.4, 0.5) is 10.6 Å². The molecule has 1 amide bonds. The Kier molecular flexibility index (Phi) is 2.36. The topological polar surface area (TPSA) is 94.1 Å². The number of imidazole rings is 1. The van der Waals surface area contributed by atoms with Crippen LogP contribution >= 0.6 is 0 Å². The van der Waals surface area contributed by atoms with Crippen molar-refractivity contribution in [1.82, 2.24) is 20.3 Å². The number of nitrogens with one attached hydrogen (secondary N) is 2. The lowest BCUT2D eigenvalue weighted by molar-refractivity contribution is 0.197. The molecule has 1 aliphatic heterocycles. The third-order valence-corrected chi connectivity index (χ3v) is 2.76. The maximum atomic E-state index is 10.5. The number of aromatic nitrogens is 3. The number of carboxylic acid groups (broad SMARTS) is 1. The van der Waals surface area contributed by atoms with E-state index in [1.807, 2.05) is 17.0 Å². The van der Waals surface area contributed by atoms with Gasteiger partial charge in [0, 0.05) is 24.9 Å². The van der Waals surface area contributed by atoms with Crippen molar-refractivity contribution < 1.29 is 9.90 Å². The molecule has 2 aromatic heterocycles. The molecule has 0 aromatic carbocycles. The molecular formula is C11H11N5O2. The van der Waals surface area contributed by atoms with Gasteiger partial charge in [-0.2, -0.15) is 0 Å². The molecule has 0 aliphatic carbocycles. The summed E-state index contributed by atoms with van der Waals surface area (Å²) in [6, 6.07) is 3.78. The first-order valence-corrected chi connectivity index (χ1v) is 5.50. The number of anilines is 1. The highest BCUT2D eigenvalue weighted by atomic mass is 16.4. The zero-order valence-electron chi connectivity index (χ0n) is 9.42. The highest BCUT2D eigenvalue weighted by molar-refractivity contribution is 5.73. The number of pyridine rings is 1. The molecule has 0 radical (unpaired) electrons. The summed E-state index contributed by atoms with van der Waals surface area (Å²) in [5.41, 5.74) is 2.21. The van der Waals surface area contributed by atoms with Gasteiger partial charge in [-0.1, -0.05) is 0 Å². The van der Waals surface area contributed by atoms with Crippen LogP contribution in [0.1, 0.15) is 6.42 Å². The van der Waals surface area contributed by atoms with Crippen LogP contribution in [0.2, 0.25) is 0 Å². The van der Waals surface area contributed by atoms with Gasteiger partial charge < -0.3 is 15.0 Å². The normalized spacial score (nSPS) is 14.9. The van der Waals surface area contributed by atoms with E-state index in [4.69, 9.17) is 5.11 Å². The molecule has 3 heterocycles. The lowest BCUT2D eigenvalue weighted by Crippen LogP contribution is -2.18. The smallest absolute Gasteiger partial charge is 0.408 e. The van der Waals surface area contributed by atoms with Crippen LogP contribution in [0.15, 0.2) is 30.4 Å². The minimum Gasteiger partial charge on any atom is -0.465 e. The summed E-state index contributed by atoms with van der Waals surface area (Å²) in [5.74, 6) is 0.761. The molecule has 92 valence electrons. The van der Waals surface area contributed by atoms with E-state index < -0.39 is 6.09 Å². The monoisotopic (exact) mass is 245 g/mol. The summed E-state index contributed by atoms with van der Waals surface area (Å²) >= 11 is 0. The van der Waals surface area contributed by atoms with Gasteiger partial charge >= 0.3 is 6.09 Å². The van der Waals surface area contributed by atoms with E-state index in [0.717, 1.165) is 11.3 Å². The number of H-pyrrole nitrogens is 1. The third-order valence-electron chi connectivity index (χ3n) is 2.76. The first-order valence-electron chi connectivity index (χ1n) is 5.50. The molecule has 0 spiro atoms. The standard InChI is InChI=1S/C11H11N5O2/c17-11(18)14-7-3-4-16(5-7)9-2-1-8-10(15-9)13-6-12-8/h1-2,5-6,14H,3-4H2,(H,17,18)(H,12,13,15). The van der Waals surface area contributed by atoms with Crippen LogP contribution < -0.4 is 10.2 Å². The van der Waals surface area contributed by atoms with Crippen molar-refractivity contribution in [3.63, 3.8) is 0 Å². The molecular weight excluding hydrogens is 234 g/mol. The van der Waals surface area contributed by atoms with E-state index in [2.05, 4.69) is 20.3 Å². The number of nitrogens with zero attached hydrogens (tertiary/aromatic N) is 3. The van der Waals surface area contributed by atoms with Gasteiger partial charge in [-0.05, 0) is 12.1 Å². The van der Waals surface area contributed by atoms with Gasteiger partial charge in [0.25, 0.3) is 0 Å². The second-order valence-electron chi connectivity index (χ2n) is 3.97. The number of aromatic amines is 1. The van der Waals surface area contributed by atoms with Gasteiger partial charge in [-0.25, -0.2) is 14.8 Å². The van der Waals surface area contributed by atoms with E-state index in [1.165, 1.54) is 0 Å². The molecule has 3 rings (SSSR count). The average Bonchev–Trinajstić information content (AvgIpc) is 2.95. The third kappa shape index (κ3) is 1.86. The highest BCUT2D eigenvalue weighted by Gasteiger charge is 2.16. The fourth-order valence-corrected chi connectivity index (χ4v) is 1.94. The Labute approximate surface area is 102 Å². The van der Waals surface area contributed by atoms with E-state index in [9.17, 15) is 4.79 Å². The minimum atomic E-state index is -1.04. The summed E-state index contributed by atoms with van der Waals surface area (Å²) in [5, 5.41) is 11.0. The molecule has 18 heavy (non-hydrogen) atoms. The second kappa shape index (κ2) is 4.02. The van der Waals surface area contributed by atoms with Crippen LogP contribution in [-0.4, -0.2) is 32.7 Å². The van der Waals surface area contributed by atoms with Crippen LogP contribution in [0.25, 0.3) is 11.2 Å². The van der Waals surface area contributed by atoms with Crippen LogP contribution in [0.3, 0.4) is 0 Å². The van der Waals surface area contributed by atoms with E-state index in [1.54, 1.807) is 12.5 Å². The Morgan fingerprint density at radius 1 is 1.50 bits per heavy atom. The summed E-state index contributed by atoms with van der Waals surface area (Å²) in [6.07, 6.45) is 2.97. The molecule has 0 unspecified atom stereocenters. The first kappa shape index (κ1) is 10.6. The number of amides is 1. The van der Waals surface area contributed by atoms with Gasteiger partial charge in [0.1, 0.15) is 5.82 Å². The maximum absolute atomic E-state index is 10.5. The van der Waals surface area contributed by atoms with Crippen molar-refractivity contribution in [1.29, 1.82) is 0 Å². The van der Waals surface area contributed by atoms with E-state index in [0.29, 0.717) is 24.3 Å². The Morgan fingerprint density at radius 3 is 3.22 bits per heavy atom. The highest BCUT2D eigenvalue weighted by Crippen LogP contribution is 2.21. The summed E-state index contributed by atoms with van der Waals surface area (Å²) in [4.78, 5) is 23.9. The number of hydrogen-bond acceptors (Lipinski definition) is 4. The van der Waals surface area contributed by atoms with E-state index >= 15 is 0 Å². The molecule has 1 aliphatic rings. The minimum absolute atomic E-state index is 0.653. The van der Waals surface area contributed by atoms with Crippen LogP contribution in [-0.2, 0) is 0 Å². The largest absolute Gasteiger partial charge is 0.465 e. The summed E-state index contributed by atoms with van der Waals surface area (Å²) < 4.78 is 0. The molecule has 0 bridgehead atoms. The average molecular weight is 245 g/mol. The Bertz CT molecular complexity index is 633. The molecule has 3 N–H and O–H groups in total. The van der Waals surface area contributed by atoms with Crippen LogP contribution in [0.5, 0.6) is 0 Å². The predicted molar refractivity (Wildman–Crippen MR) is 65.1 cm³/mol. The zero-order chi connectivity index (χ0) is 12.5. The zero-order valence-corrected chi connectivity index (χ0v) is 9.42. The fourth-order valence-electron chi connectivity index (χ4n) is 1.94. The van der Waals surface area contributed by atoms with Crippen LogP contribution in [0, 0.1) is 0 Å². The van der Waals surface area contributed by atoms with Gasteiger partial charge in [-0.3, -0.25) is 5.32 Å². The Hall–Kier alpha value is -2.57. The second-order valence-corrected chi connectivity index (χ2v) is 3.97. The van der Waals surface area contributed by atoms with Crippen molar-refractivity contribution >= 4 is 23.1 Å². The van der Waals surface area contributed by atoms with Crippen molar-refractivity contribution in [3.05, 3.63) is 30.4 Å². The van der Waals surface area contributed by atoms with Gasteiger partial charge in [0.2, 0.25) is 0 Å². The van der Waals surface area contributed by atoms with E-state index in [-0.39, 0.29) is 0 Å². The fraction of sp³-hybridized carbons (Fsp3) is 0.182. The molecule has 2 aromatic rings. The van der Waals surface area contributed by atoms with Crippen molar-refractivity contribution in [2.75, 3.05) is 11.4 Å². The number of carbonyl (C=O) groups is 1. The Morgan fingerprint density at radius 2 is 2.39 bits per heavy atom. The summed E-state index contributed by atoms with van der Waals surface area (Å²) in [7, 11) is 0. The molecule has 0 saturated carbocycles. The number of rotatable bonds is 2. The maximum Gasteiger partial charge on any atom is 0.408 e. The SMILES string of the molecule is O=C(O)NC1=CN(c2ccc3[nH]cnc3n2)CC1. The summed E-state index contributed by atoms with van der Waals surface area (Å²) in [6.45, 7) is 0.707.